The maximum absolute atomic E-state index is 11.5. The van der Waals surface area contributed by atoms with Crippen molar-refractivity contribution < 1.29 is 14.7 Å². The zero-order valence-corrected chi connectivity index (χ0v) is 10.5. The van der Waals surface area contributed by atoms with E-state index in [2.05, 4.69) is 10.3 Å². The van der Waals surface area contributed by atoms with Crippen molar-refractivity contribution >= 4 is 17.6 Å². The van der Waals surface area contributed by atoms with Crippen LogP contribution in [0.2, 0.25) is 0 Å². The summed E-state index contributed by atoms with van der Waals surface area (Å²) in [7, 11) is 0. The Morgan fingerprint density at radius 3 is 2.85 bits per heavy atom. The molecule has 5 nitrogen and oxygen atoms in total. The molecular formula is C15H12N2O3. The van der Waals surface area contributed by atoms with Crippen LogP contribution < -0.4 is 5.32 Å². The number of benzene rings is 1. The van der Waals surface area contributed by atoms with Crippen molar-refractivity contribution in [1.29, 1.82) is 0 Å². The molecule has 20 heavy (non-hydrogen) atoms. The number of carboxylic acid groups (broad SMARTS) is 1. The fourth-order valence-electron chi connectivity index (χ4n) is 2.42. The van der Waals surface area contributed by atoms with E-state index >= 15 is 0 Å². The summed E-state index contributed by atoms with van der Waals surface area (Å²) in [4.78, 5) is 27.0. The second kappa shape index (κ2) is 4.77. The second-order valence-corrected chi connectivity index (χ2v) is 4.67. The number of amides is 1. The average molecular weight is 268 g/mol. The summed E-state index contributed by atoms with van der Waals surface area (Å²) in [5.74, 6) is -1.85. The zero-order chi connectivity index (χ0) is 14.1. The lowest BCUT2D eigenvalue weighted by molar-refractivity contribution is -0.137. The van der Waals surface area contributed by atoms with Gasteiger partial charge in [0.25, 0.3) is 0 Å². The number of hydrogen-bond donors (Lipinski definition) is 2. The van der Waals surface area contributed by atoms with Crippen LogP contribution in [0.5, 0.6) is 0 Å². The maximum Gasteiger partial charge on any atom is 0.317 e. The summed E-state index contributed by atoms with van der Waals surface area (Å²) in [6.45, 7) is 0. The molecule has 1 aliphatic heterocycles. The number of nitrogens with one attached hydrogen (secondary N) is 1. The van der Waals surface area contributed by atoms with Gasteiger partial charge in [-0.1, -0.05) is 18.2 Å². The number of aliphatic carboxylic acids is 1. The molecule has 1 atom stereocenters. The van der Waals surface area contributed by atoms with Crippen LogP contribution >= 0.6 is 0 Å². The van der Waals surface area contributed by atoms with Crippen molar-refractivity contribution in [1.82, 2.24) is 4.98 Å². The summed E-state index contributed by atoms with van der Waals surface area (Å²) in [5.41, 5.74) is 2.70. The fourth-order valence-corrected chi connectivity index (χ4v) is 2.42. The molecule has 0 fully saturated rings. The van der Waals surface area contributed by atoms with Crippen molar-refractivity contribution in [3.05, 3.63) is 59.4 Å². The van der Waals surface area contributed by atoms with Gasteiger partial charge in [0, 0.05) is 11.9 Å². The summed E-state index contributed by atoms with van der Waals surface area (Å²) in [6.07, 6.45) is 1.86. The highest BCUT2D eigenvalue weighted by Crippen LogP contribution is 2.30. The van der Waals surface area contributed by atoms with E-state index < -0.39 is 11.9 Å². The smallest absolute Gasteiger partial charge is 0.317 e. The number of anilines is 1. The Morgan fingerprint density at radius 2 is 2.15 bits per heavy atom. The van der Waals surface area contributed by atoms with Crippen molar-refractivity contribution in [2.24, 2.45) is 0 Å². The Morgan fingerprint density at radius 1 is 1.30 bits per heavy atom. The number of hydrogen-bond acceptors (Lipinski definition) is 3. The Labute approximate surface area is 115 Å². The topological polar surface area (TPSA) is 79.3 Å². The Bertz CT molecular complexity index is 683. The summed E-state index contributed by atoms with van der Waals surface area (Å²) in [5, 5.41) is 12.2. The van der Waals surface area contributed by atoms with E-state index in [1.165, 1.54) is 0 Å². The number of fused-ring (bicyclic) bond motifs is 1. The van der Waals surface area contributed by atoms with Crippen LogP contribution in [0.1, 0.15) is 22.7 Å². The van der Waals surface area contributed by atoms with Gasteiger partial charge < -0.3 is 10.4 Å². The van der Waals surface area contributed by atoms with Crippen LogP contribution in [-0.4, -0.2) is 22.0 Å². The molecule has 0 spiro atoms. The van der Waals surface area contributed by atoms with E-state index in [9.17, 15) is 14.7 Å². The summed E-state index contributed by atoms with van der Waals surface area (Å²) in [6, 6.07) is 10.4. The van der Waals surface area contributed by atoms with Gasteiger partial charge in [-0.05, 0) is 29.3 Å². The monoisotopic (exact) mass is 268 g/mol. The number of carboxylic acids is 1. The predicted octanol–water partition coefficient (Wildman–Crippen LogP) is 1.79. The molecule has 0 saturated carbocycles. The van der Waals surface area contributed by atoms with Crippen molar-refractivity contribution in [2.45, 2.75) is 12.3 Å². The van der Waals surface area contributed by atoms with E-state index in [1.807, 2.05) is 0 Å². The normalized spacial score (nSPS) is 14.5. The molecule has 1 unspecified atom stereocenters. The van der Waals surface area contributed by atoms with E-state index in [0.29, 0.717) is 11.3 Å². The lowest BCUT2D eigenvalue weighted by Gasteiger charge is -2.13. The molecule has 1 aliphatic rings. The van der Waals surface area contributed by atoms with Gasteiger partial charge in [0.15, 0.2) is 0 Å². The molecule has 0 bridgehead atoms. The van der Waals surface area contributed by atoms with E-state index in [0.717, 1.165) is 11.3 Å². The molecule has 1 aromatic carbocycles. The number of aromatic nitrogens is 1. The van der Waals surface area contributed by atoms with Crippen LogP contribution in [-0.2, 0) is 16.0 Å². The zero-order valence-electron chi connectivity index (χ0n) is 10.5. The van der Waals surface area contributed by atoms with Crippen LogP contribution in [0.4, 0.5) is 5.69 Å². The SMILES string of the molecule is O=C1Cc2cc(C(C(=O)O)c3ccccn3)ccc2N1. The number of rotatable bonds is 3. The van der Waals surface area contributed by atoms with E-state index in [4.69, 9.17) is 0 Å². The third kappa shape index (κ3) is 2.14. The molecule has 5 heteroatoms. The van der Waals surface area contributed by atoms with Crippen LogP contribution in [0.25, 0.3) is 0 Å². The predicted molar refractivity (Wildman–Crippen MR) is 72.5 cm³/mol. The average Bonchev–Trinajstić information content (AvgIpc) is 2.79. The van der Waals surface area contributed by atoms with Gasteiger partial charge in [-0.25, -0.2) is 0 Å². The molecule has 2 aromatic rings. The first-order valence-electron chi connectivity index (χ1n) is 6.21. The number of carbonyl (C=O) groups excluding carboxylic acids is 1. The minimum Gasteiger partial charge on any atom is -0.480 e. The first-order chi connectivity index (χ1) is 9.65. The minimum atomic E-state index is -0.957. The third-order valence-corrected chi connectivity index (χ3v) is 3.32. The highest BCUT2D eigenvalue weighted by Gasteiger charge is 2.26. The molecule has 2 N–H and O–H groups in total. The second-order valence-electron chi connectivity index (χ2n) is 4.67. The molecule has 0 aliphatic carbocycles. The standard InChI is InChI=1S/C15H12N2O3/c18-13-8-10-7-9(4-5-11(10)17-13)14(15(19)20)12-3-1-2-6-16-12/h1-7,14H,8H2,(H,17,18)(H,19,20). The molecule has 3 rings (SSSR count). The summed E-state index contributed by atoms with van der Waals surface area (Å²) >= 11 is 0. The molecular weight excluding hydrogens is 256 g/mol. The van der Waals surface area contributed by atoms with Gasteiger partial charge in [0.1, 0.15) is 5.92 Å². The first-order valence-corrected chi connectivity index (χ1v) is 6.21. The first kappa shape index (κ1) is 12.3. The quantitative estimate of drug-likeness (QED) is 0.889. The van der Waals surface area contributed by atoms with Gasteiger partial charge in [-0.2, -0.15) is 0 Å². The van der Waals surface area contributed by atoms with Crippen molar-refractivity contribution in [3.8, 4) is 0 Å². The van der Waals surface area contributed by atoms with Crippen LogP contribution in [0.15, 0.2) is 42.6 Å². The Hall–Kier alpha value is -2.69. The number of carbonyl (C=O) groups is 2. The minimum absolute atomic E-state index is 0.0677. The third-order valence-electron chi connectivity index (χ3n) is 3.32. The summed E-state index contributed by atoms with van der Waals surface area (Å²) < 4.78 is 0. The van der Waals surface area contributed by atoms with Gasteiger partial charge in [0.2, 0.25) is 5.91 Å². The van der Waals surface area contributed by atoms with E-state index in [-0.39, 0.29) is 12.3 Å². The van der Waals surface area contributed by atoms with Crippen molar-refractivity contribution in [2.75, 3.05) is 5.32 Å². The molecule has 1 amide bonds. The largest absolute Gasteiger partial charge is 0.480 e. The van der Waals surface area contributed by atoms with Crippen molar-refractivity contribution in [3.63, 3.8) is 0 Å². The molecule has 100 valence electrons. The van der Waals surface area contributed by atoms with Gasteiger partial charge >= 0.3 is 5.97 Å². The molecule has 2 heterocycles. The van der Waals surface area contributed by atoms with E-state index in [1.54, 1.807) is 42.6 Å². The lowest BCUT2D eigenvalue weighted by Crippen LogP contribution is -2.14. The highest BCUT2D eigenvalue weighted by atomic mass is 16.4. The highest BCUT2D eigenvalue weighted by molar-refractivity contribution is 5.99. The lowest BCUT2D eigenvalue weighted by atomic mass is 9.93. The van der Waals surface area contributed by atoms with Gasteiger partial charge in [-0.3, -0.25) is 14.6 Å². The Kier molecular flexibility index (Phi) is 2.95. The van der Waals surface area contributed by atoms with Gasteiger partial charge in [0.05, 0.1) is 12.1 Å². The molecule has 0 saturated heterocycles. The number of pyridine rings is 1. The molecule has 1 aromatic heterocycles. The van der Waals surface area contributed by atoms with Crippen LogP contribution in [0, 0.1) is 0 Å². The van der Waals surface area contributed by atoms with Crippen LogP contribution in [0.3, 0.4) is 0 Å². The van der Waals surface area contributed by atoms with Gasteiger partial charge in [-0.15, -0.1) is 0 Å². The Balaban J connectivity index is 2.04. The molecule has 0 radical (unpaired) electrons. The number of nitrogens with zero attached hydrogens (tertiary/aromatic N) is 1. The fraction of sp³-hybridized carbons (Fsp3) is 0.133. The maximum atomic E-state index is 11.5.